The van der Waals surface area contributed by atoms with Crippen LogP contribution in [0.15, 0.2) is 28.9 Å². The van der Waals surface area contributed by atoms with E-state index >= 15 is 0 Å². The molecule has 0 aliphatic carbocycles. The lowest BCUT2D eigenvalue weighted by Gasteiger charge is -2.06. The molecule has 5 heteroatoms. The second kappa shape index (κ2) is 4.50. The van der Waals surface area contributed by atoms with Crippen LogP contribution < -0.4 is 5.73 Å². The SMILES string of the molecule is Cn1c(Br)c(CC(N)C(=O)O)c2ccccc21. The van der Waals surface area contributed by atoms with Gasteiger partial charge in [0.15, 0.2) is 0 Å². The number of nitrogens with two attached hydrogens (primary N) is 1. The molecule has 0 saturated heterocycles. The molecule has 0 bridgehead atoms. The van der Waals surface area contributed by atoms with Crippen LogP contribution in [-0.4, -0.2) is 21.7 Å². The molecule has 0 amide bonds. The van der Waals surface area contributed by atoms with Crippen LogP contribution in [0.3, 0.4) is 0 Å². The number of aliphatic carboxylic acids is 1. The van der Waals surface area contributed by atoms with Crippen molar-refractivity contribution in [1.29, 1.82) is 0 Å². The second-order valence-electron chi connectivity index (χ2n) is 3.99. The number of rotatable bonds is 3. The van der Waals surface area contributed by atoms with Crippen molar-refractivity contribution >= 4 is 32.8 Å². The highest BCUT2D eigenvalue weighted by molar-refractivity contribution is 9.10. The first-order chi connectivity index (χ1) is 8.02. The molecule has 1 aromatic carbocycles. The van der Waals surface area contributed by atoms with E-state index in [1.807, 2.05) is 35.9 Å². The van der Waals surface area contributed by atoms with Crippen LogP contribution in [0.2, 0.25) is 0 Å². The van der Waals surface area contributed by atoms with Crippen molar-refractivity contribution in [3.63, 3.8) is 0 Å². The van der Waals surface area contributed by atoms with Gasteiger partial charge in [0.25, 0.3) is 0 Å². The van der Waals surface area contributed by atoms with Crippen LogP contribution in [0.4, 0.5) is 0 Å². The van der Waals surface area contributed by atoms with E-state index in [-0.39, 0.29) is 0 Å². The fourth-order valence-corrected chi connectivity index (χ4v) is 2.51. The number of aromatic nitrogens is 1. The summed E-state index contributed by atoms with van der Waals surface area (Å²) in [5.74, 6) is -0.982. The van der Waals surface area contributed by atoms with Crippen molar-refractivity contribution in [2.24, 2.45) is 12.8 Å². The number of benzene rings is 1. The van der Waals surface area contributed by atoms with E-state index in [1.165, 1.54) is 0 Å². The Morgan fingerprint density at radius 3 is 2.82 bits per heavy atom. The van der Waals surface area contributed by atoms with E-state index in [0.717, 1.165) is 21.1 Å². The van der Waals surface area contributed by atoms with Gasteiger partial charge in [-0.1, -0.05) is 18.2 Å². The van der Waals surface area contributed by atoms with Crippen LogP contribution in [0.25, 0.3) is 10.9 Å². The lowest BCUT2D eigenvalue weighted by atomic mass is 10.1. The maximum Gasteiger partial charge on any atom is 0.320 e. The van der Waals surface area contributed by atoms with Gasteiger partial charge in [-0.3, -0.25) is 4.79 Å². The van der Waals surface area contributed by atoms with Gasteiger partial charge in [-0.15, -0.1) is 0 Å². The molecule has 3 N–H and O–H groups in total. The maximum atomic E-state index is 10.8. The van der Waals surface area contributed by atoms with Gasteiger partial charge in [0.2, 0.25) is 0 Å². The van der Waals surface area contributed by atoms with E-state index in [9.17, 15) is 4.79 Å². The van der Waals surface area contributed by atoms with Crippen LogP contribution in [0.1, 0.15) is 5.56 Å². The van der Waals surface area contributed by atoms with Crippen molar-refractivity contribution < 1.29 is 9.90 Å². The Balaban J connectivity index is 2.53. The summed E-state index contributed by atoms with van der Waals surface area (Å²) < 4.78 is 2.87. The first kappa shape index (κ1) is 12.1. The van der Waals surface area contributed by atoms with Crippen molar-refractivity contribution in [3.8, 4) is 0 Å². The highest BCUT2D eigenvalue weighted by Crippen LogP contribution is 2.30. The van der Waals surface area contributed by atoms with E-state index in [2.05, 4.69) is 15.9 Å². The normalized spacial score (nSPS) is 12.9. The summed E-state index contributed by atoms with van der Waals surface area (Å²) in [5, 5.41) is 9.91. The minimum atomic E-state index is -0.982. The Morgan fingerprint density at radius 2 is 2.18 bits per heavy atom. The number of carboxylic acids is 1. The van der Waals surface area contributed by atoms with Gasteiger partial charge in [-0.2, -0.15) is 0 Å². The quantitative estimate of drug-likeness (QED) is 0.909. The second-order valence-corrected chi connectivity index (χ2v) is 4.75. The largest absolute Gasteiger partial charge is 0.480 e. The monoisotopic (exact) mass is 296 g/mol. The van der Waals surface area contributed by atoms with Crippen molar-refractivity contribution in [2.75, 3.05) is 0 Å². The Bertz CT molecular complexity index is 577. The molecule has 2 aromatic rings. The number of nitrogens with zero attached hydrogens (tertiary/aromatic N) is 1. The first-order valence-electron chi connectivity index (χ1n) is 5.22. The Kier molecular flexibility index (Phi) is 3.22. The van der Waals surface area contributed by atoms with Crippen LogP contribution in [0.5, 0.6) is 0 Å². The third kappa shape index (κ3) is 2.08. The zero-order valence-electron chi connectivity index (χ0n) is 9.35. The van der Waals surface area contributed by atoms with E-state index in [1.54, 1.807) is 0 Å². The highest BCUT2D eigenvalue weighted by Gasteiger charge is 2.19. The van der Waals surface area contributed by atoms with E-state index in [0.29, 0.717) is 6.42 Å². The molecule has 0 saturated carbocycles. The number of para-hydroxylation sites is 1. The standard InChI is InChI=1S/C12H13BrN2O2/c1-15-10-5-3-2-4-7(10)8(11(15)13)6-9(14)12(16)17/h2-5,9H,6,14H2,1H3,(H,16,17). The number of fused-ring (bicyclic) bond motifs is 1. The molecule has 0 spiro atoms. The molecule has 1 aromatic heterocycles. The third-order valence-corrected chi connectivity index (χ3v) is 3.89. The van der Waals surface area contributed by atoms with Gasteiger partial charge in [-0.05, 0) is 27.6 Å². The van der Waals surface area contributed by atoms with Crippen LogP contribution >= 0.6 is 15.9 Å². The predicted molar refractivity (Wildman–Crippen MR) is 69.9 cm³/mol. The molecule has 0 radical (unpaired) electrons. The summed E-state index contributed by atoms with van der Waals surface area (Å²) in [7, 11) is 1.93. The summed E-state index contributed by atoms with van der Waals surface area (Å²) in [4.78, 5) is 10.8. The van der Waals surface area contributed by atoms with E-state index < -0.39 is 12.0 Å². The molecule has 90 valence electrons. The minimum Gasteiger partial charge on any atom is -0.480 e. The molecule has 1 atom stereocenters. The summed E-state index contributed by atoms with van der Waals surface area (Å²) in [6.07, 6.45) is 0.317. The number of carbonyl (C=O) groups is 1. The Morgan fingerprint density at radius 1 is 1.53 bits per heavy atom. The first-order valence-corrected chi connectivity index (χ1v) is 6.02. The Hall–Kier alpha value is -1.33. The van der Waals surface area contributed by atoms with E-state index in [4.69, 9.17) is 10.8 Å². The summed E-state index contributed by atoms with van der Waals surface area (Å²) in [5.41, 5.74) is 7.59. The molecule has 17 heavy (non-hydrogen) atoms. The zero-order chi connectivity index (χ0) is 12.6. The topological polar surface area (TPSA) is 68.2 Å². The molecule has 0 aliphatic heterocycles. The van der Waals surface area contributed by atoms with Crippen LogP contribution in [0, 0.1) is 0 Å². The average Bonchev–Trinajstić information content (AvgIpc) is 2.55. The Labute approximate surface area is 107 Å². The molecular formula is C12H13BrN2O2. The molecule has 1 heterocycles. The highest BCUT2D eigenvalue weighted by atomic mass is 79.9. The summed E-state index contributed by atoms with van der Waals surface area (Å²) in [6.45, 7) is 0. The summed E-state index contributed by atoms with van der Waals surface area (Å²) >= 11 is 3.49. The number of hydrogen-bond acceptors (Lipinski definition) is 2. The van der Waals surface area contributed by atoms with Gasteiger partial charge >= 0.3 is 5.97 Å². The zero-order valence-corrected chi connectivity index (χ0v) is 10.9. The fraction of sp³-hybridized carbons (Fsp3) is 0.250. The predicted octanol–water partition coefficient (Wildman–Crippen LogP) is 1.90. The minimum absolute atomic E-state index is 0.317. The molecule has 4 nitrogen and oxygen atoms in total. The van der Waals surface area contributed by atoms with Crippen molar-refractivity contribution in [2.45, 2.75) is 12.5 Å². The lowest BCUT2D eigenvalue weighted by Crippen LogP contribution is -2.32. The third-order valence-electron chi connectivity index (χ3n) is 2.88. The van der Waals surface area contributed by atoms with Crippen LogP contribution in [-0.2, 0) is 18.3 Å². The van der Waals surface area contributed by atoms with Gasteiger partial charge in [-0.25, -0.2) is 0 Å². The number of carboxylic acid groups (broad SMARTS) is 1. The van der Waals surface area contributed by atoms with Crippen molar-refractivity contribution in [1.82, 2.24) is 4.57 Å². The van der Waals surface area contributed by atoms with Crippen molar-refractivity contribution in [3.05, 3.63) is 34.4 Å². The van der Waals surface area contributed by atoms with Gasteiger partial charge in [0.05, 0.1) is 4.60 Å². The van der Waals surface area contributed by atoms with Gasteiger partial charge < -0.3 is 15.4 Å². The smallest absolute Gasteiger partial charge is 0.320 e. The van der Waals surface area contributed by atoms with Gasteiger partial charge in [0, 0.05) is 24.4 Å². The molecule has 0 fully saturated rings. The van der Waals surface area contributed by atoms with Gasteiger partial charge in [0.1, 0.15) is 6.04 Å². The average molecular weight is 297 g/mol. The molecule has 2 rings (SSSR count). The molecule has 0 aliphatic rings. The maximum absolute atomic E-state index is 10.8. The molecular weight excluding hydrogens is 284 g/mol. The lowest BCUT2D eigenvalue weighted by molar-refractivity contribution is -0.138. The number of aryl methyl sites for hydroxylation is 1. The number of hydrogen-bond donors (Lipinski definition) is 2. The summed E-state index contributed by atoms with van der Waals surface area (Å²) in [6, 6.07) is 6.98. The molecule has 1 unspecified atom stereocenters. The fourth-order valence-electron chi connectivity index (χ4n) is 1.94. The number of halogens is 1.